The second-order valence-electron chi connectivity index (χ2n) is 8.06. The molecule has 3 aromatic rings. The SMILES string of the molecule is COc1cccc(-c2cc(Oc3ccccc3)ccc2O)c1C1C(C)=C(C)C(C)=C1C. The van der Waals surface area contributed by atoms with Crippen molar-refractivity contribution in [2.24, 2.45) is 0 Å². The molecule has 3 aromatic carbocycles. The van der Waals surface area contributed by atoms with E-state index in [1.54, 1.807) is 19.2 Å². The van der Waals surface area contributed by atoms with Gasteiger partial charge in [0.25, 0.3) is 0 Å². The van der Waals surface area contributed by atoms with Crippen LogP contribution in [0.3, 0.4) is 0 Å². The molecule has 1 aliphatic rings. The molecule has 0 aliphatic heterocycles. The summed E-state index contributed by atoms with van der Waals surface area (Å²) in [6, 6.07) is 21.0. The summed E-state index contributed by atoms with van der Waals surface area (Å²) in [4.78, 5) is 0. The Kier molecular flexibility index (Phi) is 5.60. The molecule has 0 saturated heterocycles. The molecule has 0 radical (unpaired) electrons. The van der Waals surface area contributed by atoms with Crippen LogP contribution in [0, 0.1) is 0 Å². The minimum absolute atomic E-state index is 0.115. The van der Waals surface area contributed by atoms with Crippen LogP contribution in [0.25, 0.3) is 11.1 Å². The van der Waals surface area contributed by atoms with E-state index in [0.717, 1.165) is 28.2 Å². The number of hydrogen-bond donors (Lipinski definition) is 1. The van der Waals surface area contributed by atoms with Crippen molar-refractivity contribution >= 4 is 0 Å². The average molecular weight is 413 g/mol. The molecule has 158 valence electrons. The van der Waals surface area contributed by atoms with Crippen molar-refractivity contribution in [3.8, 4) is 34.1 Å². The monoisotopic (exact) mass is 412 g/mol. The second kappa shape index (κ2) is 8.35. The number of aromatic hydroxyl groups is 1. The van der Waals surface area contributed by atoms with Gasteiger partial charge >= 0.3 is 0 Å². The Balaban J connectivity index is 1.88. The lowest BCUT2D eigenvalue weighted by Crippen LogP contribution is -2.05. The highest BCUT2D eigenvalue weighted by molar-refractivity contribution is 5.79. The summed E-state index contributed by atoms with van der Waals surface area (Å²) >= 11 is 0. The third-order valence-electron chi connectivity index (χ3n) is 6.42. The molecule has 0 aromatic heterocycles. The van der Waals surface area contributed by atoms with Crippen molar-refractivity contribution in [1.29, 1.82) is 0 Å². The second-order valence-corrected chi connectivity index (χ2v) is 8.06. The molecular formula is C28H28O3. The largest absolute Gasteiger partial charge is 0.507 e. The Morgan fingerprint density at radius 2 is 1.39 bits per heavy atom. The quantitative estimate of drug-likeness (QED) is 0.468. The van der Waals surface area contributed by atoms with Crippen molar-refractivity contribution in [1.82, 2.24) is 0 Å². The highest BCUT2D eigenvalue weighted by Crippen LogP contribution is 2.50. The van der Waals surface area contributed by atoms with Crippen LogP contribution >= 0.6 is 0 Å². The third kappa shape index (κ3) is 3.72. The van der Waals surface area contributed by atoms with E-state index in [1.165, 1.54) is 22.3 Å². The molecule has 0 atom stereocenters. The van der Waals surface area contributed by atoms with Crippen molar-refractivity contribution in [3.05, 3.63) is 94.6 Å². The summed E-state index contributed by atoms with van der Waals surface area (Å²) in [6.07, 6.45) is 0. The zero-order chi connectivity index (χ0) is 22.1. The fourth-order valence-electron chi connectivity index (χ4n) is 4.46. The molecule has 0 amide bonds. The van der Waals surface area contributed by atoms with Gasteiger partial charge in [-0.05, 0) is 80.8 Å². The van der Waals surface area contributed by atoms with Crippen molar-refractivity contribution in [2.45, 2.75) is 33.6 Å². The van der Waals surface area contributed by atoms with E-state index in [2.05, 4.69) is 27.7 Å². The zero-order valence-corrected chi connectivity index (χ0v) is 18.7. The van der Waals surface area contributed by atoms with E-state index < -0.39 is 0 Å². The lowest BCUT2D eigenvalue weighted by molar-refractivity contribution is 0.409. The van der Waals surface area contributed by atoms with E-state index in [4.69, 9.17) is 9.47 Å². The van der Waals surface area contributed by atoms with Gasteiger partial charge in [0.1, 0.15) is 23.0 Å². The van der Waals surface area contributed by atoms with Gasteiger partial charge in [-0.3, -0.25) is 0 Å². The molecule has 0 fully saturated rings. The molecule has 1 aliphatic carbocycles. The lowest BCUT2D eigenvalue weighted by Gasteiger charge is -2.23. The van der Waals surface area contributed by atoms with Gasteiger partial charge in [-0.15, -0.1) is 0 Å². The molecule has 0 unspecified atom stereocenters. The van der Waals surface area contributed by atoms with Gasteiger partial charge in [0.15, 0.2) is 0 Å². The van der Waals surface area contributed by atoms with Gasteiger partial charge in [-0.1, -0.05) is 41.5 Å². The number of phenolic OH excluding ortho intramolecular Hbond substituents is 1. The predicted molar refractivity (Wildman–Crippen MR) is 126 cm³/mol. The lowest BCUT2D eigenvalue weighted by atomic mass is 9.83. The van der Waals surface area contributed by atoms with Gasteiger partial charge in [0.2, 0.25) is 0 Å². The van der Waals surface area contributed by atoms with Gasteiger partial charge < -0.3 is 14.6 Å². The highest BCUT2D eigenvalue weighted by atomic mass is 16.5. The molecular weight excluding hydrogens is 384 g/mol. The smallest absolute Gasteiger partial charge is 0.128 e. The summed E-state index contributed by atoms with van der Waals surface area (Å²) in [5.74, 6) is 2.57. The standard InChI is InChI=1S/C28H28O3/c1-17-18(2)20(4)27(19(17)3)28-23(12-9-13-26(28)30-5)24-16-22(14-15-25(24)29)31-21-10-7-6-8-11-21/h6-16,27,29H,1-5H3. The number of allylic oxidation sites excluding steroid dienone is 4. The maximum absolute atomic E-state index is 10.8. The topological polar surface area (TPSA) is 38.7 Å². The van der Waals surface area contributed by atoms with E-state index in [9.17, 15) is 5.11 Å². The fourth-order valence-corrected chi connectivity index (χ4v) is 4.46. The summed E-state index contributed by atoms with van der Waals surface area (Å²) in [6.45, 7) is 8.72. The van der Waals surface area contributed by atoms with Crippen molar-refractivity contribution < 1.29 is 14.6 Å². The maximum atomic E-state index is 10.8. The van der Waals surface area contributed by atoms with Crippen LogP contribution in [0.15, 0.2) is 89.0 Å². The Morgan fingerprint density at radius 3 is 2.03 bits per heavy atom. The van der Waals surface area contributed by atoms with Crippen LogP contribution in [0.5, 0.6) is 23.0 Å². The van der Waals surface area contributed by atoms with Crippen molar-refractivity contribution in [3.63, 3.8) is 0 Å². The summed E-state index contributed by atoms with van der Waals surface area (Å²) in [5, 5.41) is 10.8. The first-order valence-corrected chi connectivity index (χ1v) is 10.5. The first-order valence-electron chi connectivity index (χ1n) is 10.5. The number of phenols is 1. The normalized spacial score (nSPS) is 14.4. The predicted octanol–water partition coefficient (Wildman–Crippen LogP) is 7.63. The summed E-state index contributed by atoms with van der Waals surface area (Å²) in [5.41, 5.74) is 8.03. The molecule has 0 spiro atoms. The van der Waals surface area contributed by atoms with E-state index in [0.29, 0.717) is 5.75 Å². The minimum atomic E-state index is 0.115. The van der Waals surface area contributed by atoms with Gasteiger partial charge in [-0.25, -0.2) is 0 Å². The van der Waals surface area contributed by atoms with Gasteiger partial charge in [0.05, 0.1) is 7.11 Å². The zero-order valence-electron chi connectivity index (χ0n) is 18.7. The molecule has 4 rings (SSSR count). The van der Waals surface area contributed by atoms with Crippen LogP contribution in [-0.2, 0) is 0 Å². The first-order chi connectivity index (χ1) is 14.9. The first kappa shape index (κ1) is 20.8. The van der Waals surface area contributed by atoms with Crippen LogP contribution in [0.1, 0.15) is 39.2 Å². The Bertz CT molecular complexity index is 1160. The van der Waals surface area contributed by atoms with Crippen LogP contribution in [-0.4, -0.2) is 12.2 Å². The number of rotatable bonds is 5. The Morgan fingerprint density at radius 1 is 0.710 bits per heavy atom. The Labute approximate surface area is 184 Å². The number of ether oxygens (including phenoxy) is 2. The number of para-hydroxylation sites is 1. The van der Waals surface area contributed by atoms with Gasteiger partial charge in [-0.2, -0.15) is 0 Å². The minimum Gasteiger partial charge on any atom is -0.507 e. The fraction of sp³-hybridized carbons (Fsp3) is 0.214. The van der Waals surface area contributed by atoms with Crippen LogP contribution in [0.4, 0.5) is 0 Å². The molecule has 3 heteroatoms. The number of hydrogen-bond acceptors (Lipinski definition) is 3. The van der Waals surface area contributed by atoms with E-state index >= 15 is 0 Å². The van der Waals surface area contributed by atoms with Crippen LogP contribution < -0.4 is 9.47 Å². The third-order valence-corrected chi connectivity index (χ3v) is 6.42. The molecule has 0 heterocycles. The molecule has 1 N–H and O–H groups in total. The van der Waals surface area contributed by atoms with E-state index in [1.807, 2.05) is 54.6 Å². The Hall–Kier alpha value is -3.46. The molecule has 0 bridgehead atoms. The van der Waals surface area contributed by atoms with Crippen molar-refractivity contribution in [2.75, 3.05) is 7.11 Å². The summed E-state index contributed by atoms with van der Waals surface area (Å²) in [7, 11) is 1.70. The molecule has 3 nitrogen and oxygen atoms in total. The highest BCUT2D eigenvalue weighted by Gasteiger charge is 2.31. The van der Waals surface area contributed by atoms with E-state index in [-0.39, 0.29) is 11.7 Å². The average Bonchev–Trinajstić information content (AvgIpc) is 2.98. The number of benzene rings is 3. The van der Waals surface area contributed by atoms with Crippen LogP contribution in [0.2, 0.25) is 0 Å². The molecule has 0 saturated carbocycles. The summed E-state index contributed by atoms with van der Waals surface area (Å²) < 4.78 is 11.8. The van der Waals surface area contributed by atoms with Gasteiger partial charge in [0, 0.05) is 17.0 Å². The maximum Gasteiger partial charge on any atom is 0.128 e. The molecule has 31 heavy (non-hydrogen) atoms. The number of methoxy groups -OCH3 is 1.